The fourth-order valence-corrected chi connectivity index (χ4v) is 10.8. The highest BCUT2D eigenvalue weighted by molar-refractivity contribution is 7.26. The number of aromatic nitrogens is 2. The van der Waals surface area contributed by atoms with Crippen LogP contribution in [0.15, 0.2) is 170 Å². The average molecular weight is 707 g/mol. The smallest absolute Gasteiger partial charge is 0.0547 e. The second kappa shape index (κ2) is 10.8. The van der Waals surface area contributed by atoms with E-state index in [0.717, 1.165) is 0 Å². The van der Waals surface area contributed by atoms with Crippen molar-refractivity contribution in [1.29, 1.82) is 0 Å². The van der Waals surface area contributed by atoms with Crippen LogP contribution >= 0.6 is 11.3 Å². The molecule has 0 fully saturated rings. The molecular weight excluding hydrogens is 673 g/mol. The second-order valence-electron chi connectivity index (χ2n) is 15.3. The van der Waals surface area contributed by atoms with Gasteiger partial charge in [-0.15, -0.1) is 11.3 Å². The van der Waals surface area contributed by atoms with E-state index in [1.54, 1.807) is 0 Å². The van der Waals surface area contributed by atoms with Gasteiger partial charge in [-0.3, -0.25) is 0 Å². The molecule has 3 heterocycles. The number of thiophene rings is 1. The minimum Gasteiger partial charge on any atom is -0.309 e. The summed E-state index contributed by atoms with van der Waals surface area (Å²) in [5.41, 5.74) is 15.2. The monoisotopic (exact) mass is 706 g/mol. The molecule has 12 rings (SSSR count). The van der Waals surface area contributed by atoms with Crippen LogP contribution in [0.3, 0.4) is 0 Å². The fourth-order valence-electron chi connectivity index (χ4n) is 9.56. The van der Waals surface area contributed by atoms with E-state index in [1.165, 1.54) is 109 Å². The SMILES string of the molecule is CC1(C)c2cc(-n3c4ccccc4c4cc(-c5ccc6c7ccccc7n(-c7ccccc7)c6c5)ccc43)ccc2-c2c1ccc1c2sc2ccccc21. The second-order valence-corrected chi connectivity index (χ2v) is 16.4. The Morgan fingerprint density at radius 1 is 0.407 bits per heavy atom. The third kappa shape index (κ3) is 4.00. The number of benzene rings is 8. The lowest BCUT2D eigenvalue weighted by atomic mass is 9.82. The van der Waals surface area contributed by atoms with Gasteiger partial charge in [0.15, 0.2) is 0 Å². The Morgan fingerprint density at radius 3 is 1.83 bits per heavy atom. The third-order valence-corrected chi connectivity index (χ3v) is 13.3. The molecule has 0 aliphatic heterocycles. The minimum atomic E-state index is -0.113. The van der Waals surface area contributed by atoms with Gasteiger partial charge in [-0.2, -0.15) is 0 Å². The summed E-state index contributed by atoms with van der Waals surface area (Å²) in [7, 11) is 0. The molecule has 1 aliphatic rings. The minimum absolute atomic E-state index is 0.113. The third-order valence-electron chi connectivity index (χ3n) is 12.1. The van der Waals surface area contributed by atoms with Gasteiger partial charge >= 0.3 is 0 Å². The molecule has 8 aromatic carbocycles. The van der Waals surface area contributed by atoms with Crippen molar-refractivity contribution >= 4 is 75.1 Å². The van der Waals surface area contributed by atoms with Crippen LogP contribution in [0.25, 0.3) is 97.4 Å². The van der Waals surface area contributed by atoms with Crippen molar-refractivity contribution in [2.24, 2.45) is 0 Å². The van der Waals surface area contributed by atoms with Crippen LogP contribution < -0.4 is 0 Å². The maximum Gasteiger partial charge on any atom is 0.0547 e. The summed E-state index contributed by atoms with van der Waals surface area (Å²) in [5, 5.41) is 7.79. The van der Waals surface area contributed by atoms with Gasteiger partial charge in [0.25, 0.3) is 0 Å². The van der Waals surface area contributed by atoms with Gasteiger partial charge in [0.05, 0.1) is 22.1 Å². The highest BCUT2D eigenvalue weighted by Gasteiger charge is 2.37. The molecule has 0 amide bonds. The lowest BCUT2D eigenvalue weighted by Gasteiger charge is -2.22. The molecule has 0 saturated carbocycles. The van der Waals surface area contributed by atoms with Crippen LogP contribution in [0.5, 0.6) is 0 Å². The van der Waals surface area contributed by atoms with Gasteiger partial charge < -0.3 is 9.13 Å². The van der Waals surface area contributed by atoms with E-state index in [0.29, 0.717) is 0 Å². The molecule has 0 N–H and O–H groups in total. The molecule has 0 spiro atoms. The number of para-hydroxylation sites is 3. The van der Waals surface area contributed by atoms with Crippen LogP contribution in [0.4, 0.5) is 0 Å². The van der Waals surface area contributed by atoms with Crippen molar-refractivity contribution in [3.63, 3.8) is 0 Å². The summed E-state index contributed by atoms with van der Waals surface area (Å²) >= 11 is 1.93. The Morgan fingerprint density at radius 2 is 1.02 bits per heavy atom. The van der Waals surface area contributed by atoms with Gasteiger partial charge in [0.1, 0.15) is 0 Å². The first-order chi connectivity index (χ1) is 26.5. The van der Waals surface area contributed by atoms with Gasteiger partial charge in [0.2, 0.25) is 0 Å². The summed E-state index contributed by atoms with van der Waals surface area (Å²) in [6, 6.07) is 63.1. The van der Waals surface area contributed by atoms with Crippen LogP contribution in [0, 0.1) is 0 Å². The molecule has 0 radical (unpaired) electrons. The average Bonchev–Trinajstić information content (AvgIpc) is 3.93. The van der Waals surface area contributed by atoms with Crippen molar-refractivity contribution in [3.8, 4) is 33.6 Å². The van der Waals surface area contributed by atoms with E-state index in [9.17, 15) is 0 Å². The molecule has 54 heavy (non-hydrogen) atoms. The molecule has 11 aromatic rings. The number of nitrogens with zero attached hydrogens (tertiary/aromatic N) is 2. The summed E-state index contributed by atoms with van der Waals surface area (Å²) in [4.78, 5) is 0. The van der Waals surface area contributed by atoms with Crippen molar-refractivity contribution in [2.45, 2.75) is 19.3 Å². The Balaban J connectivity index is 1.03. The van der Waals surface area contributed by atoms with E-state index in [4.69, 9.17) is 0 Å². The van der Waals surface area contributed by atoms with Gasteiger partial charge in [-0.05, 0) is 88.5 Å². The molecule has 3 heteroatoms. The Kier molecular flexibility index (Phi) is 6.03. The van der Waals surface area contributed by atoms with Crippen molar-refractivity contribution in [2.75, 3.05) is 0 Å². The first-order valence-corrected chi connectivity index (χ1v) is 19.6. The molecule has 0 saturated heterocycles. The molecule has 3 aromatic heterocycles. The highest BCUT2D eigenvalue weighted by atomic mass is 32.1. The molecule has 0 unspecified atom stereocenters. The zero-order chi connectivity index (χ0) is 35.7. The summed E-state index contributed by atoms with van der Waals surface area (Å²) in [6.45, 7) is 4.79. The maximum atomic E-state index is 2.47. The molecule has 2 nitrogen and oxygen atoms in total. The normalized spacial score (nSPS) is 13.5. The van der Waals surface area contributed by atoms with Crippen LogP contribution in [0.1, 0.15) is 25.0 Å². The van der Waals surface area contributed by atoms with E-state index < -0.39 is 0 Å². The molecule has 254 valence electrons. The first kappa shape index (κ1) is 30.1. The Bertz CT molecular complexity index is 3350. The zero-order valence-electron chi connectivity index (χ0n) is 30.0. The Hall–Kier alpha value is -6.42. The van der Waals surface area contributed by atoms with Crippen molar-refractivity contribution in [1.82, 2.24) is 9.13 Å². The van der Waals surface area contributed by atoms with Crippen LogP contribution in [0.2, 0.25) is 0 Å². The maximum absolute atomic E-state index is 2.47. The molecule has 1 aliphatic carbocycles. The summed E-state index contributed by atoms with van der Waals surface area (Å²) in [6.07, 6.45) is 0. The topological polar surface area (TPSA) is 9.86 Å². The lowest BCUT2D eigenvalue weighted by Crippen LogP contribution is -2.15. The molecule has 0 bridgehead atoms. The number of hydrogen-bond donors (Lipinski definition) is 0. The van der Waals surface area contributed by atoms with Crippen LogP contribution in [-0.4, -0.2) is 9.13 Å². The van der Waals surface area contributed by atoms with Crippen molar-refractivity contribution in [3.05, 3.63) is 181 Å². The molecule has 0 atom stereocenters. The van der Waals surface area contributed by atoms with Crippen molar-refractivity contribution < 1.29 is 0 Å². The Labute approximate surface area is 316 Å². The fraction of sp³-hybridized carbons (Fsp3) is 0.0588. The lowest BCUT2D eigenvalue weighted by molar-refractivity contribution is 0.660. The summed E-state index contributed by atoms with van der Waals surface area (Å²) in [5.74, 6) is 0. The quantitative estimate of drug-likeness (QED) is 0.173. The van der Waals surface area contributed by atoms with E-state index >= 15 is 0 Å². The standard InChI is InChI=1S/C51H34N2S/c1-51(2)42-26-25-39-38-16-8-11-19-48(38)54-50(39)49(42)40-24-22-34(30-43(40)51)53-45-18-10-7-15-36(45)41-28-31(21-27-46(41)53)32-20-23-37-35-14-6-9-17-44(35)52(47(37)29-32)33-12-4-3-5-13-33/h3-30H,1-2H3. The van der Waals surface area contributed by atoms with E-state index in [-0.39, 0.29) is 5.41 Å². The number of fused-ring (bicyclic) bond motifs is 13. The predicted molar refractivity (Wildman–Crippen MR) is 231 cm³/mol. The predicted octanol–water partition coefficient (Wildman–Crippen LogP) is 14.2. The number of hydrogen-bond acceptors (Lipinski definition) is 1. The van der Waals surface area contributed by atoms with Gasteiger partial charge in [-0.1, -0.05) is 123 Å². The van der Waals surface area contributed by atoms with Crippen LogP contribution in [-0.2, 0) is 5.41 Å². The highest BCUT2D eigenvalue weighted by Crippen LogP contribution is 2.54. The van der Waals surface area contributed by atoms with Gasteiger partial charge in [0, 0.05) is 64.1 Å². The van der Waals surface area contributed by atoms with E-state index in [1.807, 2.05) is 11.3 Å². The largest absolute Gasteiger partial charge is 0.309 e. The zero-order valence-corrected chi connectivity index (χ0v) is 30.8. The van der Waals surface area contributed by atoms with Gasteiger partial charge in [-0.25, -0.2) is 0 Å². The number of rotatable bonds is 3. The molecular formula is C51H34N2S. The summed E-state index contributed by atoms with van der Waals surface area (Å²) < 4.78 is 7.63. The first-order valence-electron chi connectivity index (χ1n) is 18.8. The van der Waals surface area contributed by atoms with E-state index in [2.05, 4.69) is 193 Å².